The van der Waals surface area contributed by atoms with Gasteiger partial charge in [-0.3, -0.25) is 0 Å². The van der Waals surface area contributed by atoms with Crippen LogP contribution in [0, 0.1) is 5.92 Å². The van der Waals surface area contributed by atoms with E-state index in [9.17, 15) is 13.2 Å². The van der Waals surface area contributed by atoms with Crippen molar-refractivity contribution in [3.05, 3.63) is 35.9 Å². The zero-order chi connectivity index (χ0) is 22.5. The summed E-state index contributed by atoms with van der Waals surface area (Å²) in [5.41, 5.74) is 1.05. The normalized spacial score (nSPS) is 19.0. The van der Waals surface area contributed by atoms with Gasteiger partial charge >= 0.3 is 6.18 Å². The van der Waals surface area contributed by atoms with Crippen LogP contribution in [0.5, 0.6) is 0 Å². The molecule has 9 heteroatoms. The number of thioether (sulfide) groups is 1. The van der Waals surface area contributed by atoms with E-state index in [0.29, 0.717) is 39.1 Å². The van der Waals surface area contributed by atoms with Crippen molar-refractivity contribution >= 4 is 28.4 Å². The van der Waals surface area contributed by atoms with Gasteiger partial charge in [-0.05, 0) is 62.6 Å². The summed E-state index contributed by atoms with van der Waals surface area (Å²) in [6.07, 6.45) is -0.633. The van der Waals surface area contributed by atoms with Gasteiger partial charge in [0.05, 0.1) is 19.1 Å². The van der Waals surface area contributed by atoms with Crippen molar-refractivity contribution in [2.75, 3.05) is 26.1 Å². The molecule has 31 heavy (non-hydrogen) atoms. The van der Waals surface area contributed by atoms with Crippen molar-refractivity contribution in [2.24, 2.45) is 5.92 Å². The van der Waals surface area contributed by atoms with Gasteiger partial charge in [0.25, 0.3) is 0 Å². The number of hydrogen-bond donors (Lipinski definition) is 0. The molecule has 176 valence electrons. The second-order valence-corrected chi connectivity index (χ2v) is 8.89. The minimum absolute atomic E-state index is 0.213. The zero-order valence-corrected chi connectivity index (χ0v) is 19.4. The Morgan fingerprint density at radius 2 is 2.03 bits per heavy atom. The molecule has 1 aliphatic rings. The Hall–Kier alpha value is -0.870. The largest absolute Gasteiger partial charge is 0.475 e. The molecule has 1 aliphatic heterocycles. The lowest BCUT2D eigenvalue weighted by atomic mass is 9.98. The Morgan fingerprint density at radius 3 is 2.68 bits per heavy atom. The second-order valence-electron chi connectivity index (χ2n) is 7.48. The molecule has 0 amide bonds. The van der Waals surface area contributed by atoms with E-state index in [1.165, 1.54) is 11.8 Å². The van der Waals surface area contributed by atoms with Gasteiger partial charge in [-0.2, -0.15) is 13.2 Å². The van der Waals surface area contributed by atoms with Gasteiger partial charge in [0.15, 0.2) is 6.29 Å². The van der Waals surface area contributed by atoms with Crippen molar-refractivity contribution in [1.29, 1.82) is 0 Å². The molecule has 1 saturated heterocycles. The van der Waals surface area contributed by atoms with Crippen LogP contribution >= 0.6 is 24.0 Å². The van der Waals surface area contributed by atoms with Crippen molar-refractivity contribution in [2.45, 2.75) is 63.7 Å². The fourth-order valence-electron chi connectivity index (χ4n) is 3.27. The predicted molar refractivity (Wildman–Crippen MR) is 120 cm³/mol. The maximum absolute atomic E-state index is 13.6. The van der Waals surface area contributed by atoms with Crippen LogP contribution in [0.2, 0.25) is 0 Å². The molecule has 1 aromatic rings. The zero-order valence-electron chi connectivity index (χ0n) is 17.8. The van der Waals surface area contributed by atoms with Crippen molar-refractivity contribution < 1.29 is 32.1 Å². The average molecular weight is 481 g/mol. The van der Waals surface area contributed by atoms with Gasteiger partial charge in [-0.25, -0.2) is 0 Å². The highest BCUT2D eigenvalue weighted by atomic mass is 32.2. The first-order chi connectivity index (χ1) is 14.9. The topological polar surface area (TPSA) is 36.9 Å². The van der Waals surface area contributed by atoms with Crippen LogP contribution in [0.3, 0.4) is 0 Å². The van der Waals surface area contributed by atoms with E-state index in [0.717, 1.165) is 18.4 Å². The summed E-state index contributed by atoms with van der Waals surface area (Å²) in [6, 6.07) is 9.73. The Morgan fingerprint density at radius 1 is 1.26 bits per heavy atom. The second kappa shape index (κ2) is 14.3. The molecule has 2 rings (SSSR count). The molecule has 4 nitrogen and oxygen atoms in total. The average Bonchev–Trinajstić information content (AvgIpc) is 2.76. The molecule has 0 N–H and O–H groups in total. The molecular formula is C22H31F3O4S2. The van der Waals surface area contributed by atoms with E-state index in [2.05, 4.69) is 0 Å². The SMILES string of the molecule is CSC(=S)OC(CCCOCc1ccccc1)C[C@H](COC1CCCCO1)C(F)(F)F. The lowest BCUT2D eigenvalue weighted by Gasteiger charge is -2.29. The molecule has 3 atom stereocenters. The molecule has 0 spiro atoms. The molecule has 0 radical (unpaired) electrons. The highest BCUT2D eigenvalue weighted by molar-refractivity contribution is 8.22. The van der Waals surface area contributed by atoms with Crippen molar-refractivity contribution in [3.8, 4) is 0 Å². The van der Waals surface area contributed by atoms with Crippen LogP contribution in [0.15, 0.2) is 30.3 Å². The predicted octanol–water partition coefficient (Wildman–Crippen LogP) is 6.13. The minimum atomic E-state index is -4.39. The van der Waals surface area contributed by atoms with Crippen LogP contribution in [-0.4, -0.2) is 49.0 Å². The molecule has 0 bridgehead atoms. The first kappa shape index (κ1) is 26.4. The molecular weight excluding hydrogens is 449 g/mol. The van der Waals surface area contributed by atoms with Gasteiger partial charge < -0.3 is 18.9 Å². The van der Waals surface area contributed by atoms with Crippen molar-refractivity contribution in [1.82, 2.24) is 0 Å². The summed E-state index contributed by atoms with van der Waals surface area (Å²) >= 11 is 6.30. The van der Waals surface area contributed by atoms with Crippen molar-refractivity contribution in [3.63, 3.8) is 0 Å². The lowest BCUT2D eigenvalue weighted by molar-refractivity contribution is -0.226. The molecule has 1 fully saturated rings. The smallest absolute Gasteiger partial charge is 0.394 e. The Labute approximate surface area is 192 Å². The first-order valence-corrected chi connectivity index (χ1v) is 12.2. The highest BCUT2D eigenvalue weighted by Crippen LogP contribution is 2.33. The molecule has 2 unspecified atom stereocenters. The van der Waals surface area contributed by atoms with Gasteiger partial charge in [0, 0.05) is 13.2 Å². The number of hydrogen-bond acceptors (Lipinski definition) is 6. The standard InChI is InChI=1S/C22H31F3O4S2/c1-31-21(30)29-19(10-7-12-26-15-17-8-3-2-4-9-17)14-18(22(23,24)25)16-28-20-11-5-6-13-27-20/h2-4,8-9,18-20H,5-7,10-16H2,1H3/t18-,19?,20?/m1/s1. The van der Waals surface area contributed by atoms with Crippen LogP contribution in [0.1, 0.15) is 44.1 Å². The Balaban J connectivity index is 1.83. The molecule has 1 aromatic carbocycles. The third kappa shape index (κ3) is 11.0. The Kier molecular flexibility index (Phi) is 12.2. The molecule has 0 aromatic heterocycles. The fourth-order valence-corrected chi connectivity index (χ4v) is 3.63. The third-order valence-electron chi connectivity index (χ3n) is 4.99. The van der Waals surface area contributed by atoms with E-state index in [-0.39, 0.29) is 10.8 Å². The summed E-state index contributed by atoms with van der Waals surface area (Å²) in [6.45, 7) is 0.989. The maximum Gasteiger partial charge on any atom is 0.394 e. The summed E-state index contributed by atoms with van der Waals surface area (Å²) in [5, 5.41) is 0. The van der Waals surface area contributed by atoms with Crippen LogP contribution in [0.25, 0.3) is 0 Å². The molecule has 0 saturated carbocycles. The number of halogens is 3. The minimum Gasteiger partial charge on any atom is -0.475 e. The van der Waals surface area contributed by atoms with E-state index in [1.54, 1.807) is 6.26 Å². The quantitative estimate of drug-likeness (QED) is 0.265. The molecule has 1 heterocycles. The van der Waals surface area contributed by atoms with E-state index in [4.69, 9.17) is 31.2 Å². The van der Waals surface area contributed by atoms with Gasteiger partial charge in [-0.1, -0.05) is 42.1 Å². The summed E-state index contributed by atoms with van der Waals surface area (Å²) in [5.74, 6) is -1.64. The van der Waals surface area contributed by atoms with Gasteiger partial charge in [0.2, 0.25) is 4.38 Å². The molecule has 0 aliphatic carbocycles. The van der Waals surface area contributed by atoms with E-state index in [1.807, 2.05) is 30.3 Å². The first-order valence-electron chi connectivity index (χ1n) is 10.5. The summed E-state index contributed by atoms with van der Waals surface area (Å²) in [4.78, 5) is 0. The maximum atomic E-state index is 13.6. The van der Waals surface area contributed by atoms with Crippen LogP contribution in [0.4, 0.5) is 13.2 Å². The monoisotopic (exact) mass is 480 g/mol. The van der Waals surface area contributed by atoms with Gasteiger partial charge in [-0.15, -0.1) is 0 Å². The number of alkyl halides is 3. The van der Waals surface area contributed by atoms with Gasteiger partial charge in [0.1, 0.15) is 6.10 Å². The lowest BCUT2D eigenvalue weighted by Crippen LogP contribution is -2.35. The van der Waals surface area contributed by atoms with E-state index >= 15 is 0 Å². The van der Waals surface area contributed by atoms with Crippen LogP contribution in [-0.2, 0) is 25.6 Å². The number of rotatable bonds is 12. The van der Waals surface area contributed by atoms with E-state index < -0.39 is 31.1 Å². The number of benzene rings is 1. The third-order valence-corrected chi connectivity index (χ3v) is 6.01. The summed E-state index contributed by atoms with van der Waals surface area (Å²) in [7, 11) is 0. The highest BCUT2D eigenvalue weighted by Gasteiger charge is 2.42. The van der Waals surface area contributed by atoms with Crippen LogP contribution < -0.4 is 0 Å². The Bertz CT molecular complexity index is 625. The number of ether oxygens (including phenoxy) is 4. The summed E-state index contributed by atoms with van der Waals surface area (Å²) < 4.78 is 63.3. The fraction of sp³-hybridized carbons (Fsp3) is 0.682. The number of thiocarbonyl (C=S) groups is 1.